The summed E-state index contributed by atoms with van der Waals surface area (Å²) in [4.78, 5) is 24.0. The Kier molecular flexibility index (Phi) is 3.85. The molecule has 1 aromatic carbocycles. The van der Waals surface area contributed by atoms with Gasteiger partial charge in [0, 0.05) is 11.5 Å². The Morgan fingerprint density at radius 3 is 2.57 bits per heavy atom. The molecule has 3 rings (SSSR count). The maximum absolute atomic E-state index is 12.6. The SMILES string of the molecule is COc1ccc2ccc(=O)oc2c1C(=O)/C=C/c1ccc(C)o1. The van der Waals surface area contributed by atoms with Gasteiger partial charge in [0.25, 0.3) is 0 Å². The monoisotopic (exact) mass is 310 g/mol. The minimum atomic E-state index is -0.523. The quantitative estimate of drug-likeness (QED) is 0.418. The van der Waals surface area contributed by atoms with Crippen LogP contribution in [0.5, 0.6) is 5.75 Å². The number of methoxy groups -OCH3 is 1. The number of carbonyl (C=O) groups is 1. The van der Waals surface area contributed by atoms with E-state index < -0.39 is 5.63 Å². The van der Waals surface area contributed by atoms with Crippen molar-refractivity contribution < 1.29 is 18.4 Å². The Labute approximate surface area is 131 Å². The Balaban J connectivity index is 2.09. The molecule has 5 heteroatoms. The lowest BCUT2D eigenvalue weighted by atomic mass is 10.1. The third-order valence-electron chi connectivity index (χ3n) is 3.38. The number of allylic oxidation sites excluding steroid dienone is 1. The fourth-order valence-corrected chi connectivity index (χ4v) is 2.30. The molecule has 0 aliphatic carbocycles. The van der Waals surface area contributed by atoms with Crippen LogP contribution < -0.4 is 10.4 Å². The molecule has 0 N–H and O–H groups in total. The molecule has 0 unspecified atom stereocenters. The summed E-state index contributed by atoms with van der Waals surface area (Å²) in [7, 11) is 1.46. The van der Waals surface area contributed by atoms with Gasteiger partial charge in [-0.2, -0.15) is 0 Å². The fourth-order valence-electron chi connectivity index (χ4n) is 2.30. The summed E-state index contributed by atoms with van der Waals surface area (Å²) in [5.74, 6) is 1.33. The highest BCUT2D eigenvalue weighted by Gasteiger charge is 2.17. The van der Waals surface area contributed by atoms with Crippen LogP contribution in [0.2, 0.25) is 0 Å². The van der Waals surface area contributed by atoms with E-state index in [9.17, 15) is 9.59 Å². The largest absolute Gasteiger partial charge is 0.496 e. The summed E-state index contributed by atoms with van der Waals surface area (Å²) in [6.45, 7) is 1.82. The molecule has 23 heavy (non-hydrogen) atoms. The van der Waals surface area contributed by atoms with Crippen molar-refractivity contribution in [2.24, 2.45) is 0 Å². The highest BCUT2D eigenvalue weighted by atomic mass is 16.5. The van der Waals surface area contributed by atoms with Gasteiger partial charge in [-0.3, -0.25) is 4.79 Å². The van der Waals surface area contributed by atoms with Gasteiger partial charge in [0.05, 0.1) is 7.11 Å². The Morgan fingerprint density at radius 2 is 1.87 bits per heavy atom. The zero-order valence-electron chi connectivity index (χ0n) is 12.7. The van der Waals surface area contributed by atoms with Crippen molar-refractivity contribution in [3.05, 3.63) is 70.0 Å². The second-order valence-electron chi connectivity index (χ2n) is 4.96. The lowest BCUT2D eigenvalue weighted by molar-refractivity contribution is 0.104. The zero-order chi connectivity index (χ0) is 16.4. The molecule has 0 saturated heterocycles. The standard InChI is InChI=1S/C18H14O5/c1-11-3-6-13(22-11)7-8-14(19)17-15(21-2)9-4-12-5-10-16(20)23-18(12)17/h3-10H,1-2H3/b8-7+. The topological polar surface area (TPSA) is 69.7 Å². The smallest absolute Gasteiger partial charge is 0.336 e. The lowest BCUT2D eigenvalue weighted by Crippen LogP contribution is -2.03. The molecular formula is C18H14O5. The number of furan rings is 1. The van der Waals surface area contributed by atoms with Crippen LogP contribution >= 0.6 is 0 Å². The molecule has 0 bridgehead atoms. The van der Waals surface area contributed by atoms with Gasteiger partial charge in [-0.15, -0.1) is 0 Å². The Morgan fingerprint density at radius 1 is 1.09 bits per heavy atom. The van der Waals surface area contributed by atoms with Gasteiger partial charge in [0.15, 0.2) is 11.4 Å². The second-order valence-corrected chi connectivity index (χ2v) is 4.96. The first-order valence-corrected chi connectivity index (χ1v) is 6.98. The molecular weight excluding hydrogens is 296 g/mol. The highest BCUT2D eigenvalue weighted by molar-refractivity contribution is 6.15. The lowest BCUT2D eigenvalue weighted by Gasteiger charge is -2.08. The van der Waals surface area contributed by atoms with Crippen molar-refractivity contribution in [1.29, 1.82) is 0 Å². The number of fused-ring (bicyclic) bond motifs is 1. The van der Waals surface area contributed by atoms with E-state index in [1.807, 2.05) is 13.0 Å². The number of ketones is 1. The predicted molar refractivity (Wildman–Crippen MR) is 85.8 cm³/mol. The molecule has 0 spiro atoms. The van der Waals surface area contributed by atoms with Crippen molar-refractivity contribution in [3.8, 4) is 5.75 Å². The molecule has 0 fully saturated rings. The van der Waals surface area contributed by atoms with Crippen LogP contribution in [-0.4, -0.2) is 12.9 Å². The normalized spacial score (nSPS) is 11.2. The summed E-state index contributed by atoms with van der Waals surface area (Å²) in [5, 5.41) is 0.649. The minimum Gasteiger partial charge on any atom is -0.496 e. The van der Waals surface area contributed by atoms with E-state index in [4.69, 9.17) is 13.6 Å². The highest BCUT2D eigenvalue weighted by Crippen LogP contribution is 2.28. The fraction of sp³-hybridized carbons (Fsp3) is 0.111. The molecule has 0 amide bonds. The number of hydrogen-bond donors (Lipinski definition) is 0. The van der Waals surface area contributed by atoms with Crippen LogP contribution in [0.4, 0.5) is 0 Å². The molecule has 0 atom stereocenters. The first kappa shape index (κ1) is 14.8. The summed E-state index contributed by atoms with van der Waals surface area (Å²) in [5.41, 5.74) is -0.102. The summed E-state index contributed by atoms with van der Waals surface area (Å²) >= 11 is 0. The van der Waals surface area contributed by atoms with Gasteiger partial charge in [0.1, 0.15) is 22.8 Å². The van der Waals surface area contributed by atoms with Gasteiger partial charge < -0.3 is 13.6 Å². The molecule has 5 nitrogen and oxygen atoms in total. The van der Waals surface area contributed by atoms with Gasteiger partial charge in [-0.25, -0.2) is 4.79 Å². The summed E-state index contributed by atoms with van der Waals surface area (Å²) < 4.78 is 15.8. The van der Waals surface area contributed by atoms with Gasteiger partial charge in [0.2, 0.25) is 0 Å². The van der Waals surface area contributed by atoms with Gasteiger partial charge in [-0.05, 0) is 49.4 Å². The van der Waals surface area contributed by atoms with Crippen molar-refractivity contribution in [2.45, 2.75) is 6.92 Å². The third-order valence-corrected chi connectivity index (χ3v) is 3.38. The predicted octanol–water partition coefficient (Wildman–Crippen LogP) is 3.60. The molecule has 0 aliphatic heterocycles. The van der Waals surface area contributed by atoms with Crippen LogP contribution in [0, 0.1) is 6.92 Å². The van der Waals surface area contributed by atoms with E-state index in [2.05, 4.69) is 0 Å². The van der Waals surface area contributed by atoms with E-state index in [-0.39, 0.29) is 16.9 Å². The molecule has 3 aromatic rings. The minimum absolute atomic E-state index is 0.210. The Hall–Kier alpha value is -3.08. The molecule has 2 aromatic heterocycles. The zero-order valence-corrected chi connectivity index (χ0v) is 12.7. The summed E-state index contributed by atoms with van der Waals surface area (Å²) in [6.07, 6.45) is 2.93. The first-order chi connectivity index (χ1) is 11.1. The number of aryl methyl sites for hydroxylation is 1. The maximum atomic E-state index is 12.6. The van der Waals surface area contributed by atoms with Crippen molar-refractivity contribution in [2.75, 3.05) is 7.11 Å². The van der Waals surface area contributed by atoms with E-state index in [1.165, 1.54) is 19.3 Å². The van der Waals surface area contributed by atoms with Crippen LogP contribution in [-0.2, 0) is 0 Å². The van der Waals surface area contributed by atoms with E-state index >= 15 is 0 Å². The van der Waals surface area contributed by atoms with E-state index in [0.29, 0.717) is 16.9 Å². The molecule has 0 saturated carbocycles. The average molecular weight is 310 g/mol. The van der Waals surface area contributed by atoms with Crippen LogP contribution in [0.25, 0.3) is 17.0 Å². The number of benzene rings is 1. The maximum Gasteiger partial charge on any atom is 0.336 e. The number of carbonyl (C=O) groups excluding carboxylic acids is 1. The van der Waals surface area contributed by atoms with Crippen molar-refractivity contribution >= 4 is 22.8 Å². The third kappa shape index (κ3) is 2.94. The van der Waals surface area contributed by atoms with Gasteiger partial charge in [-0.1, -0.05) is 0 Å². The number of hydrogen-bond acceptors (Lipinski definition) is 5. The van der Waals surface area contributed by atoms with Crippen LogP contribution in [0.1, 0.15) is 21.9 Å². The first-order valence-electron chi connectivity index (χ1n) is 6.98. The molecule has 0 aliphatic rings. The van der Waals surface area contributed by atoms with Crippen LogP contribution in [0.3, 0.4) is 0 Å². The second kappa shape index (κ2) is 5.96. The number of rotatable bonds is 4. The Bertz CT molecular complexity index is 959. The van der Waals surface area contributed by atoms with Crippen molar-refractivity contribution in [1.82, 2.24) is 0 Å². The molecule has 116 valence electrons. The number of ether oxygens (including phenoxy) is 1. The van der Waals surface area contributed by atoms with Gasteiger partial charge >= 0.3 is 5.63 Å². The van der Waals surface area contributed by atoms with E-state index in [0.717, 1.165) is 5.76 Å². The average Bonchev–Trinajstić information content (AvgIpc) is 2.96. The molecule has 0 radical (unpaired) electrons. The summed E-state index contributed by atoms with van der Waals surface area (Å²) in [6, 6.07) is 9.89. The van der Waals surface area contributed by atoms with E-state index in [1.54, 1.807) is 30.3 Å². The molecule has 2 heterocycles. The van der Waals surface area contributed by atoms with Crippen molar-refractivity contribution in [3.63, 3.8) is 0 Å². The van der Waals surface area contributed by atoms with Crippen LogP contribution in [0.15, 0.2) is 56.1 Å².